The fraction of sp³-hybridized carbons (Fsp3) is 0.158. The minimum Gasteiger partial charge on any atom is -0.497 e. The van der Waals surface area contributed by atoms with Crippen LogP contribution in [-0.2, 0) is 16.1 Å². The summed E-state index contributed by atoms with van der Waals surface area (Å²) in [4.78, 5) is 26.0. The van der Waals surface area contributed by atoms with Gasteiger partial charge in [0.2, 0.25) is 0 Å². The second-order valence-electron chi connectivity index (χ2n) is 5.50. The first kappa shape index (κ1) is 15.0. The normalized spacial score (nSPS) is 14.2. The second-order valence-corrected chi connectivity index (χ2v) is 5.50. The average molecular weight is 307 g/mol. The number of imide groups is 1. The maximum atomic E-state index is 12.5. The first-order chi connectivity index (χ1) is 11.1. The summed E-state index contributed by atoms with van der Waals surface area (Å²) in [6.07, 6.45) is 1.41. The Morgan fingerprint density at radius 1 is 0.957 bits per heavy atom. The van der Waals surface area contributed by atoms with E-state index in [4.69, 9.17) is 4.74 Å². The molecule has 4 heteroatoms. The maximum Gasteiger partial charge on any atom is 0.261 e. The summed E-state index contributed by atoms with van der Waals surface area (Å²) in [6, 6.07) is 14.9. The van der Waals surface area contributed by atoms with Crippen molar-refractivity contribution in [3.8, 4) is 5.75 Å². The Labute approximate surface area is 135 Å². The zero-order valence-corrected chi connectivity index (χ0v) is 13.1. The Kier molecular flexibility index (Phi) is 3.98. The molecule has 1 aliphatic heterocycles. The van der Waals surface area contributed by atoms with Crippen molar-refractivity contribution in [3.05, 3.63) is 71.3 Å². The molecule has 0 spiro atoms. The van der Waals surface area contributed by atoms with Crippen LogP contribution in [0, 0.1) is 6.92 Å². The van der Waals surface area contributed by atoms with Gasteiger partial charge >= 0.3 is 0 Å². The van der Waals surface area contributed by atoms with Gasteiger partial charge in [-0.15, -0.1) is 0 Å². The van der Waals surface area contributed by atoms with Crippen LogP contribution >= 0.6 is 0 Å². The molecule has 4 nitrogen and oxygen atoms in total. The van der Waals surface area contributed by atoms with E-state index in [1.807, 2.05) is 55.5 Å². The molecule has 0 aromatic heterocycles. The van der Waals surface area contributed by atoms with E-state index in [0.717, 1.165) is 22.4 Å². The van der Waals surface area contributed by atoms with E-state index in [-0.39, 0.29) is 18.4 Å². The van der Waals surface area contributed by atoms with Gasteiger partial charge < -0.3 is 4.74 Å². The minimum atomic E-state index is -0.276. The zero-order valence-electron chi connectivity index (χ0n) is 13.1. The van der Waals surface area contributed by atoms with Crippen LogP contribution in [0.5, 0.6) is 5.75 Å². The molecule has 3 rings (SSSR count). The van der Waals surface area contributed by atoms with E-state index in [1.165, 1.54) is 11.0 Å². The largest absolute Gasteiger partial charge is 0.497 e. The SMILES string of the molecule is COc1ccc(CN2C(=O)C=C(c3ccc(C)cc3)C2=O)cc1. The van der Waals surface area contributed by atoms with E-state index in [9.17, 15) is 9.59 Å². The Morgan fingerprint density at radius 3 is 2.22 bits per heavy atom. The Hall–Kier alpha value is -2.88. The molecule has 1 aliphatic rings. The third kappa shape index (κ3) is 3.01. The van der Waals surface area contributed by atoms with Gasteiger partial charge in [0.05, 0.1) is 19.2 Å². The highest BCUT2D eigenvalue weighted by molar-refractivity contribution is 6.33. The minimum absolute atomic E-state index is 0.255. The number of hydrogen-bond donors (Lipinski definition) is 0. The third-order valence-corrected chi connectivity index (χ3v) is 3.87. The van der Waals surface area contributed by atoms with E-state index in [1.54, 1.807) is 7.11 Å². The highest BCUT2D eigenvalue weighted by Crippen LogP contribution is 2.25. The number of aryl methyl sites for hydroxylation is 1. The van der Waals surface area contributed by atoms with Gasteiger partial charge in [0.25, 0.3) is 11.8 Å². The van der Waals surface area contributed by atoms with Crippen LogP contribution in [0.15, 0.2) is 54.6 Å². The molecule has 0 saturated heterocycles. The van der Waals surface area contributed by atoms with Gasteiger partial charge in [-0.2, -0.15) is 0 Å². The lowest BCUT2D eigenvalue weighted by molar-refractivity contribution is -0.137. The van der Waals surface area contributed by atoms with E-state index < -0.39 is 0 Å². The fourth-order valence-corrected chi connectivity index (χ4v) is 2.51. The molecule has 0 aliphatic carbocycles. The number of ether oxygens (including phenoxy) is 1. The number of hydrogen-bond acceptors (Lipinski definition) is 3. The van der Waals surface area contributed by atoms with Crippen molar-refractivity contribution in [1.29, 1.82) is 0 Å². The predicted molar refractivity (Wildman–Crippen MR) is 87.7 cm³/mol. The van der Waals surface area contributed by atoms with Crippen molar-refractivity contribution in [3.63, 3.8) is 0 Å². The summed E-state index contributed by atoms with van der Waals surface area (Å²) in [5.74, 6) is 0.211. The molecule has 2 amide bonds. The summed E-state index contributed by atoms with van der Waals surface area (Å²) in [5, 5.41) is 0. The quantitative estimate of drug-likeness (QED) is 0.816. The highest BCUT2D eigenvalue weighted by atomic mass is 16.5. The standard InChI is InChI=1S/C19H17NO3/c1-13-3-7-15(8-4-13)17-11-18(21)20(19(17)22)12-14-5-9-16(23-2)10-6-14/h3-11H,12H2,1-2H3. The second kappa shape index (κ2) is 6.08. The number of benzene rings is 2. The Bertz CT molecular complexity index is 773. The summed E-state index contributed by atoms with van der Waals surface area (Å²) >= 11 is 0. The zero-order chi connectivity index (χ0) is 16.4. The van der Waals surface area contributed by atoms with E-state index in [0.29, 0.717) is 5.57 Å². The smallest absolute Gasteiger partial charge is 0.261 e. The molecule has 2 aromatic rings. The third-order valence-electron chi connectivity index (χ3n) is 3.87. The Morgan fingerprint density at radius 2 is 1.61 bits per heavy atom. The van der Waals surface area contributed by atoms with Crippen LogP contribution < -0.4 is 4.74 Å². The summed E-state index contributed by atoms with van der Waals surface area (Å²) in [7, 11) is 1.60. The number of carbonyl (C=O) groups is 2. The molecule has 2 aromatic carbocycles. The summed E-state index contributed by atoms with van der Waals surface area (Å²) in [5.41, 5.74) is 3.21. The highest BCUT2D eigenvalue weighted by Gasteiger charge is 2.31. The number of methoxy groups -OCH3 is 1. The van der Waals surface area contributed by atoms with Crippen molar-refractivity contribution < 1.29 is 14.3 Å². The van der Waals surface area contributed by atoms with Gasteiger partial charge in [-0.3, -0.25) is 14.5 Å². The molecule has 0 bridgehead atoms. The van der Waals surface area contributed by atoms with Crippen molar-refractivity contribution in [2.75, 3.05) is 7.11 Å². The number of rotatable bonds is 4. The summed E-state index contributed by atoms with van der Waals surface area (Å²) in [6.45, 7) is 2.24. The lowest BCUT2D eigenvalue weighted by atomic mass is 10.0. The van der Waals surface area contributed by atoms with Gasteiger partial charge in [0.15, 0.2) is 0 Å². The molecule has 1 heterocycles. The van der Waals surface area contributed by atoms with Crippen LogP contribution in [0.4, 0.5) is 0 Å². The first-order valence-corrected chi connectivity index (χ1v) is 7.36. The fourth-order valence-electron chi connectivity index (χ4n) is 2.51. The van der Waals surface area contributed by atoms with Crippen molar-refractivity contribution in [2.45, 2.75) is 13.5 Å². The van der Waals surface area contributed by atoms with E-state index >= 15 is 0 Å². The maximum absolute atomic E-state index is 12.5. The molecule has 0 fully saturated rings. The number of nitrogens with zero attached hydrogens (tertiary/aromatic N) is 1. The van der Waals surface area contributed by atoms with Gasteiger partial charge in [-0.05, 0) is 30.2 Å². The van der Waals surface area contributed by atoms with Gasteiger partial charge in [0.1, 0.15) is 5.75 Å². The van der Waals surface area contributed by atoms with Gasteiger partial charge in [-0.25, -0.2) is 0 Å². The Balaban J connectivity index is 1.79. The monoisotopic (exact) mass is 307 g/mol. The topological polar surface area (TPSA) is 46.6 Å². The van der Waals surface area contributed by atoms with E-state index in [2.05, 4.69) is 0 Å². The van der Waals surface area contributed by atoms with Crippen LogP contribution in [0.3, 0.4) is 0 Å². The molecule has 23 heavy (non-hydrogen) atoms. The summed E-state index contributed by atoms with van der Waals surface area (Å²) < 4.78 is 5.11. The molecule has 0 unspecified atom stereocenters. The molecule has 0 radical (unpaired) electrons. The molecular weight excluding hydrogens is 290 g/mol. The molecule has 0 N–H and O–H groups in total. The van der Waals surface area contributed by atoms with Crippen molar-refractivity contribution in [1.82, 2.24) is 4.90 Å². The van der Waals surface area contributed by atoms with Crippen LogP contribution in [-0.4, -0.2) is 23.8 Å². The first-order valence-electron chi connectivity index (χ1n) is 7.36. The van der Waals surface area contributed by atoms with Gasteiger partial charge in [0, 0.05) is 6.08 Å². The van der Waals surface area contributed by atoms with Crippen LogP contribution in [0.1, 0.15) is 16.7 Å². The molecule has 0 atom stereocenters. The van der Waals surface area contributed by atoms with Crippen LogP contribution in [0.2, 0.25) is 0 Å². The predicted octanol–water partition coefficient (Wildman–Crippen LogP) is 2.96. The number of carbonyl (C=O) groups excluding carboxylic acids is 2. The van der Waals surface area contributed by atoms with Crippen molar-refractivity contribution >= 4 is 17.4 Å². The van der Waals surface area contributed by atoms with Gasteiger partial charge in [-0.1, -0.05) is 42.0 Å². The lowest BCUT2D eigenvalue weighted by Gasteiger charge is -2.15. The average Bonchev–Trinajstić information content (AvgIpc) is 2.84. The van der Waals surface area contributed by atoms with Crippen LogP contribution in [0.25, 0.3) is 5.57 Å². The van der Waals surface area contributed by atoms with Crippen molar-refractivity contribution in [2.24, 2.45) is 0 Å². The molecule has 0 saturated carbocycles. The lowest BCUT2D eigenvalue weighted by Crippen LogP contribution is -2.30. The molecule has 116 valence electrons. The molecular formula is C19H17NO3. The number of amides is 2.